The van der Waals surface area contributed by atoms with Crippen LogP contribution in [0.15, 0.2) is 18.2 Å². The number of benzene rings is 1. The zero-order chi connectivity index (χ0) is 12.5. The Labute approximate surface area is 108 Å². The predicted octanol–water partition coefficient (Wildman–Crippen LogP) is 2.93. The number of alkyl halides is 3. The third-order valence-corrected chi connectivity index (χ3v) is 2.62. The maximum Gasteiger partial charge on any atom is 0.416 e. The molecule has 1 N–H and O–H groups in total. The fraction of sp³-hybridized carbons (Fsp3) is 0.455. The van der Waals surface area contributed by atoms with E-state index in [2.05, 4.69) is 5.32 Å². The van der Waals surface area contributed by atoms with Crippen molar-refractivity contribution in [2.24, 2.45) is 0 Å². The molecule has 2 nitrogen and oxygen atoms in total. The van der Waals surface area contributed by atoms with E-state index in [4.69, 9.17) is 4.74 Å². The van der Waals surface area contributed by atoms with Gasteiger partial charge in [-0.1, -0.05) is 6.07 Å². The van der Waals surface area contributed by atoms with Crippen LogP contribution in [0, 0.1) is 5.82 Å². The zero-order valence-corrected chi connectivity index (χ0v) is 10.1. The fourth-order valence-electron chi connectivity index (χ4n) is 1.75. The van der Waals surface area contributed by atoms with Crippen LogP contribution in [0.25, 0.3) is 0 Å². The first kappa shape index (κ1) is 15.2. The van der Waals surface area contributed by atoms with Crippen molar-refractivity contribution in [1.82, 2.24) is 5.32 Å². The smallest absolute Gasteiger partial charge is 0.378 e. The third kappa shape index (κ3) is 3.34. The van der Waals surface area contributed by atoms with Gasteiger partial charge < -0.3 is 10.1 Å². The minimum Gasteiger partial charge on any atom is -0.378 e. The van der Waals surface area contributed by atoms with Crippen molar-refractivity contribution in [3.63, 3.8) is 0 Å². The maximum atomic E-state index is 13.6. The van der Waals surface area contributed by atoms with Gasteiger partial charge in [0, 0.05) is 12.1 Å². The summed E-state index contributed by atoms with van der Waals surface area (Å²) in [4.78, 5) is 0. The van der Waals surface area contributed by atoms with Crippen LogP contribution in [0.5, 0.6) is 0 Å². The number of rotatable bonds is 1. The highest BCUT2D eigenvalue weighted by Gasteiger charge is 2.32. The molecule has 0 amide bonds. The van der Waals surface area contributed by atoms with Crippen LogP contribution in [0.1, 0.15) is 17.2 Å². The third-order valence-electron chi connectivity index (χ3n) is 2.62. The summed E-state index contributed by atoms with van der Waals surface area (Å²) in [5.41, 5.74) is -0.770. The van der Waals surface area contributed by atoms with Crippen molar-refractivity contribution < 1.29 is 22.3 Å². The van der Waals surface area contributed by atoms with Gasteiger partial charge in [0.2, 0.25) is 0 Å². The van der Waals surface area contributed by atoms with Gasteiger partial charge in [-0.15, -0.1) is 12.4 Å². The number of ether oxygens (including phenoxy) is 1. The van der Waals surface area contributed by atoms with Gasteiger partial charge in [-0.3, -0.25) is 0 Å². The van der Waals surface area contributed by atoms with Crippen LogP contribution >= 0.6 is 12.4 Å². The second kappa shape index (κ2) is 5.86. The van der Waals surface area contributed by atoms with Crippen LogP contribution in [0.3, 0.4) is 0 Å². The molecule has 1 aliphatic heterocycles. The Morgan fingerprint density at radius 1 is 1.28 bits per heavy atom. The Hall–Kier alpha value is -0.850. The molecule has 102 valence electrons. The van der Waals surface area contributed by atoms with Crippen LogP contribution in [-0.2, 0) is 10.9 Å². The minimum absolute atomic E-state index is 0. The van der Waals surface area contributed by atoms with E-state index in [1.54, 1.807) is 0 Å². The standard InChI is InChI=1S/C11H11F4NO.ClH/c12-9-5-7(11(13,14)15)1-2-8(9)10-6-17-4-3-16-10;/h1-2,5,10,16H,3-4,6H2;1H/t10-;/m1./s1. The second-order valence-corrected chi connectivity index (χ2v) is 3.82. The van der Waals surface area contributed by atoms with E-state index < -0.39 is 17.6 Å². The van der Waals surface area contributed by atoms with E-state index in [1.807, 2.05) is 0 Å². The largest absolute Gasteiger partial charge is 0.416 e. The lowest BCUT2D eigenvalue weighted by molar-refractivity contribution is -0.137. The molecule has 1 atom stereocenters. The summed E-state index contributed by atoms with van der Waals surface area (Å²) in [6, 6.07) is 2.18. The van der Waals surface area contributed by atoms with E-state index in [9.17, 15) is 17.6 Å². The van der Waals surface area contributed by atoms with Crippen LogP contribution in [-0.4, -0.2) is 19.8 Å². The van der Waals surface area contributed by atoms with Crippen molar-refractivity contribution in [1.29, 1.82) is 0 Å². The Balaban J connectivity index is 0.00000162. The first-order valence-electron chi connectivity index (χ1n) is 5.16. The number of halogens is 5. The van der Waals surface area contributed by atoms with Crippen LogP contribution < -0.4 is 5.32 Å². The lowest BCUT2D eigenvalue weighted by atomic mass is 10.0. The summed E-state index contributed by atoms with van der Waals surface area (Å²) >= 11 is 0. The Morgan fingerprint density at radius 2 is 2.00 bits per heavy atom. The minimum atomic E-state index is -4.52. The number of hydrogen-bond donors (Lipinski definition) is 1. The molecule has 0 radical (unpaired) electrons. The highest BCUT2D eigenvalue weighted by Crippen LogP contribution is 2.31. The van der Waals surface area contributed by atoms with Gasteiger partial charge in [-0.05, 0) is 12.1 Å². The summed E-state index contributed by atoms with van der Waals surface area (Å²) in [5, 5.41) is 2.99. The maximum absolute atomic E-state index is 13.6. The molecule has 7 heteroatoms. The summed E-state index contributed by atoms with van der Waals surface area (Å²) in [7, 11) is 0. The van der Waals surface area contributed by atoms with Crippen molar-refractivity contribution in [2.45, 2.75) is 12.2 Å². The predicted molar refractivity (Wildman–Crippen MR) is 60.2 cm³/mol. The molecule has 2 rings (SSSR count). The lowest BCUT2D eigenvalue weighted by Gasteiger charge is -2.24. The molecule has 1 aromatic carbocycles. The average Bonchev–Trinajstić information content (AvgIpc) is 2.29. The monoisotopic (exact) mass is 285 g/mol. The second-order valence-electron chi connectivity index (χ2n) is 3.82. The lowest BCUT2D eigenvalue weighted by Crippen LogP contribution is -2.35. The Kier molecular flexibility index (Phi) is 4.95. The first-order chi connectivity index (χ1) is 7.98. The molecule has 0 spiro atoms. The quantitative estimate of drug-likeness (QED) is 0.801. The van der Waals surface area contributed by atoms with Gasteiger partial charge in [0.1, 0.15) is 5.82 Å². The summed E-state index contributed by atoms with van der Waals surface area (Å²) in [5.74, 6) is -0.858. The SMILES string of the molecule is Cl.Fc1cc(C(F)(F)F)ccc1[C@H]1COCCN1. The van der Waals surface area contributed by atoms with Crippen molar-refractivity contribution >= 4 is 12.4 Å². The highest BCUT2D eigenvalue weighted by atomic mass is 35.5. The average molecular weight is 286 g/mol. The Bertz CT molecular complexity index is 405. The molecule has 1 aromatic rings. The molecule has 0 unspecified atom stereocenters. The highest BCUT2D eigenvalue weighted by molar-refractivity contribution is 5.85. The van der Waals surface area contributed by atoms with Gasteiger partial charge in [-0.2, -0.15) is 13.2 Å². The molecule has 0 bridgehead atoms. The first-order valence-corrected chi connectivity index (χ1v) is 5.16. The zero-order valence-electron chi connectivity index (χ0n) is 9.26. The van der Waals surface area contributed by atoms with Crippen LogP contribution in [0.2, 0.25) is 0 Å². The van der Waals surface area contributed by atoms with Crippen molar-refractivity contribution in [3.8, 4) is 0 Å². The number of morpholine rings is 1. The summed E-state index contributed by atoms with van der Waals surface area (Å²) < 4.78 is 55.7. The van der Waals surface area contributed by atoms with Gasteiger partial charge in [0.05, 0.1) is 24.8 Å². The van der Waals surface area contributed by atoms with Crippen molar-refractivity contribution in [3.05, 3.63) is 35.1 Å². The molecule has 1 aliphatic rings. The molecular formula is C11H12ClF4NO. The Morgan fingerprint density at radius 3 is 2.50 bits per heavy atom. The summed E-state index contributed by atoms with van der Waals surface area (Å²) in [6.45, 7) is 1.35. The molecule has 1 fully saturated rings. The molecule has 0 saturated carbocycles. The molecular weight excluding hydrogens is 274 g/mol. The molecule has 0 aliphatic carbocycles. The van der Waals surface area contributed by atoms with Gasteiger partial charge in [0.15, 0.2) is 0 Å². The van der Waals surface area contributed by atoms with Gasteiger partial charge >= 0.3 is 6.18 Å². The molecule has 1 heterocycles. The number of hydrogen-bond acceptors (Lipinski definition) is 2. The number of nitrogens with one attached hydrogen (secondary N) is 1. The van der Waals surface area contributed by atoms with E-state index in [0.717, 1.165) is 12.1 Å². The topological polar surface area (TPSA) is 21.3 Å². The molecule has 0 aromatic heterocycles. The molecule has 1 saturated heterocycles. The normalized spacial score (nSPS) is 20.3. The fourth-order valence-corrected chi connectivity index (χ4v) is 1.75. The van der Waals surface area contributed by atoms with E-state index in [-0.39, 0.29) is 30.6 Å². The molecule has 18 heavy (non-hydrogen) atoms. The van der Waals surface area contributed by atoms with Crippen molar-refractivity contribution in [2.75, 3.05) is 19.8 Å². The summed E-state index contributed by atoms with van der Waals surface area (Å²) in [6.07, 6.45) is -4.52. The van der Waals surface area contributed by atoms with E-state index in [0.29, 0.717) is 19.2 Å². The van der Waals surface area contributed by atoms with Crippen LogP contribution in [0.4, 0.5) is 17.6 Å². The van der Waals surface area contributed by atoms with Gasteiger partial charge in [-0.25, -0.2) is 4.39 Å². The van der Waals surface area contributed by atoms with Gasteiger partial charge in [0.25, 0.3) is 0 Å². The van der Waals surface area contributed by atoms with E-state index in [1.165, 1.54) is 0 Å². The van der Waals surface area contributed by atoms with E-state index >= 15 is 0 Å².